The summed E-state index contributed by atoms with van der Waals surface area (Å²) in [5, 5.41) is 5.25. The van der Waals surface area contributed by atoms with Crippen molar-refractivity contribution in [2.75, 3.05) is 6.54 Å². The largest absolute Gasteiger partial charge is 0.328 e. The Morgan fingerprint density at radius 3 is 2.48 bits per heavy atom. The lowest BCUT2D eigenvalue weighted by molar-refractivity contribution is -0.138. The van der Waals surface area contributed by atoms with Crippen molar-refractivity contribution < 1.29 is 23.6 Å². The van der Waals surface area contributed by atoms with E-state index in [0.717, 1.165) is 40.8 Å². The van der Waals surface area contributed by atoms with Gasteiger partial charge < -0.3 is 4.90 Å². The minimum atomic E-state index is -1.88. The zero-order valence-electron chi connectivity index (χ0n) is 28.0. The van der Waals surface area contributed by atoms with Crippen molar-refractivity contribution in [1.29, 1.82) is 0 Å². The van der Waals surface area contributed by atoms with Gasteiger partial charge in [-0.2, -0.15) is 5.10 Å². The minimum Gasteiger partial charge on any atom is -0.328 e. The molecular weight excluding hydrogens is 611 g/mol. The second-order valence-corrected chi connectivity index (χ2v) is 13.5. The lowest BCUT2D eigenvalue weighted by atomic mass is 9.92. The summed E-state index contributed by atoms with van der Waals surface area (Å²) < 4.78 is 18.1. The molecule has 6 rings (SSSR count). The second kappa shape index (κ2) is 13.4. The van der Waals surface area contributed by atoms with Crippen LogP contribution in [0.3, 0.4) is 0 Å². The molecule has 5 heterocycles. The van der Waals surface area contributed by atoms with E-state index in [0.29, 0.717) is 41.7 Å². The molecule has 4 aromatic rings. The first-order chi connectivity index (χ1) is 22.9. The molecule has 1 amide bonds. The molecule has 250 valence electrons. The van der Waals surface area contributed by atoms with Gasteiger partial charge in [-0.15, -0.1) is 0 Å². The summed E-state index contributed by atoms with van der Waals surface area (Å²) in [5.74, 6) is -0.397. The van der Waals surface area contributed by atoms with E-state index in [2.05, 4.69) is 20.1 Å². The highest BCUT2D eigenvalue weighted by molar-refractivity contribution is 6.07. The number of amides is 1. The van der Waals surface area contributed by atoms with Crippen LogP contribution in [0, 0.1) is 20.8 Å². The Hall–Kier alpha value is -4.67. The summed E-state index contributed by atoms with van der Waals surface area (Å²) in [6.07, 6.45) is 6.49. The number of benzene rings is 1. The number of aromatic nitrogens is 5. The molecule has 0 N–H and O–H groups in total. The Morgan fingerprint density at radius 2 is 1.73 bits per heavy atom. The third kappa shape index (κ3) is 6.95. The molecule has 1 aromatic carbocycles. The number of halogens is 1. The normalized spacial score (nSPS) is 20.8. The van der Waals surface area contributed by atoms with E-state index in [1.807, 2.05) is 45.0 Å². The number of ketones is 3. The van der Waals surface area contributed by atoms with Crippen LogP contribution in [0.4, 0.5) is 4.39 Å². The fraction of sp³-hybridized carbons (Fsp3) is 0.459. The lowest BCUT2D eigenvalue weighted by Crippen LogP contribution is -2.43. The molecule has 0 aliphatic carbocycles. The van der Waals surface area contributed by atoms with Gasteiger partial charge in [0.25, 0.3) is 0 Å². The second-order valence-electron chi connectivity index (χ2n) is 13.5. The summed E-state index contributed by atoms with van der Waals surface area (Å²) in [6.45, 7) is 6.39. The zero-order valence-corrected chi connectivity index (χ0v) is 28.0. The maximum absolute atomic E-state index is 16.5. The summed E-state index contributed by atoms with van der Waals surface area (Å²) in [5.41, 5.74) is 3.70. The standard InChI is InChI=1S/C37H41FN6O4/c1-22-10-11-23(2)41-31(22)16-33(47)32-17-37(38)13-12-29(46)9-7-5-6-8-26-14-27(28-18-39-25(4)40-19-28)15-30-35(24(3)45)42-44(36(26)30)20-34(48)43(32)21-37/h10-11,14-15,18-19,32H,5-9,12-13,16-17,20-21H2,1-4H3/t32-,37+/m0/s1. The van der Waals surface area contributed by atoms with E-state index < -0.39 is 17.6 Å². The van der Waals surface area contributed by atoms with Crippen molar-refractivity contribution in [3.63, 3.8) is 0 Å². The molecule has 0 saturated carbocycles. The molecule has 3 aromatic heterocycles. The van der Waals surface area contributed by atoms with E-state index in [4.69, 9.17) is 0 Å². The number of alkyl halides is 1. The third-order valence-electron chi connectivity index (χ3n) is 9.67. The fourth-order valence-electron chi connectivity index (χ4n) is 7.01. The van der Waals surface area contributed by atoms with Crippen LogP contribution in [0.15, 0.2) is 36.7 Å². The maximum atomic E-state index is 16.5. The SMILES string of the molecule is CC(=O)c1nn2c3c(cc(-c4cnc(C)nc4)cc13)CCCCCC(=O)CC[C@@]1(F)C[C@@H](C(=O)Cc3nc(C)ccc3C)N(C1)C(=O)C2. The van der Waals surface area contributed by atoms with Crippen molar-refractivity contribution in [1.82, 2.24) is 29.6 Å². The molecule has 1 fully saturated rings. The number of Topliss-reactive ketones (excluding diaryl/α,β-unsaturated/α-hetero) is 3. The summed E-state index contributed by atoms with van der Waals surface area (Å²) in [4.78, 5) is 68.3. The first-order valence-electron chi connectivity index (χ1n) is 16.7. The van der Waals surface area contributed by atoms with Crippen LogP contribution < -0.4 is 0 Å². The van der Waals surface area contributed by atoms with Crippen LogP contribution >= 0.6 is 0 Å². The molecule has 2 aliphatic heterocycles. The molecule has 10 nitrogen and oxygen atoms in total. The van der Waals surface area contributed by atoms with Crippen LogP contribution in [0.5, 0.6) is 0 Å². The van der Waals surface area contributed by atoms with E-state index in [1.165, 1.54) is 11.8 Å². The van der Waals surface area contributed by atoms with Crippen molar-refractivity contribution in [2.24, 2.45) is 0 Å². The number of rotatable bonds is 5. The molecule has 2 bridgehead atoms. The van der Waals surface area contributed by atoms with Gasteiger partial charge in [0.05, 0.1) is 30.2 Å². The molecule has 1 saturated heterocycles. The number of carbonyl (C=O) groups excluding carboxylic acids is 4. The molecule has 2 aliphatic rings. The highest BCUT2D eigenvalue weighted by Gasteiger charge is 2.49. The molecule has 0 spiro atoms. The molecule has 11 heteroatoms. The van der Waals surface area contributed by atoms with Gasteiger partial charge in [0.1, 0.15) is 29.5 Å². The zero-order chi connectivity index (χ0) is 34.2. The highest BCUT2D eigenvalue weighted by Crippen LogP contribution is 2.37. The van der Waals surface area contributed by atoms with E-state index >= 15 is 4.39 Å². The first kappa shape index (κ1) is 33.2. The van der Waals surface area contributed by atoms with Gasteiger partial charge >= 0.3 is 0 Å². The first-order valence-corrected chi connectivity index (χ1v) is 16.7. The Morgan fingerprint density at radius 1 is 0.979 bits per heavy atom. The lowest BCUT2D eigenvalue weighted by Gasteiger charge is -2.24. The monoisotopic (exact) mass is 652 g/mol. The Bertz CT molecular complexity index is 1920. The molecule has 0 radical (unpaired) electrons. The van der Waals surface area contributed by atoms with E-state index in [1.54, 1.807) is 17.1 Å². The highest BCUT2D eigenvalue weighted by atomic mass is 19.1. The van der Waals surface area contributed by atoms with Crippen LogP contribution in [-0.4, -0.2) is 71.1 Å². The summed E-state index contributed by atoms with van der Waals surface area (Å²) >= 11 is 0. The summed E-state index contributed by atoms with van der Waals surface area (Å²) in [6, 6.07) is 6.63. The fourth-order valence-corrected chi connectivity index (χ4v) is 7.01. The maximum Gasteiger partial charge on any atom is 0.245 e. The number of nitrogens with zero attached hydrogens (tertiary/aromatic N) is 6. The van der Waals surface area contributed by atoms with Gasteiger partial charge in [-0.3, -0.25) is 28.8 Å². The minimum absolute atomic E-state index is 0.0145. The molecule has 0 unspecified atom stereocenters. The van der Waals surface area contributed by atoms with Crippen LogP contribution in [-0.2, 0) is 33.8 Å². The van der Waals surface area contributed by atoms with Crippen molar-refractivity contribution >= 4 is 34.2 Å². The number of pyridine rings is 1. The average Bonchev–Trinajstić information content (AvgIpc) is 3.60. The molecule has 48 heavy (non-hydrogen) atoms. The van der Waals surface area contributed by atoms with Crippen molar-refractivity contribution in [2.45, 2.75) is 104 Å². The number of hydrogen-bond acceptors (Lipinski definition) is 8. The van der Waals surface area contributed by atoms with Gasteiger partial charge in [-0.05, 0) is 81.3 Å². The van der Waals surface area contributed by atoms with E-state index in [-0.39, 0.29) is 61.8 Å². The number of hydrogen-bond donors (Lipinski definition) is 0. The molecule has 2 atom stereocenters. The predicted molar refractivity (Wildman–Crippen MR) is 178 cm³/mol. The van der Waals surface area contributed by atoms with Gasteiger partial charge in [0.15, 0.2) is 11.6 Å². The van der Waals surface area contributed by atoms with Crippen molar-refractivity contribution in [3.8, 4) is 11.1 Å². The Kier molecular flexibility index (Phi) is 9.31. The van der Waals surface area contributed by atoms with Crippen LogP contribution in [0.25, 0.3) is 22.0 Å². The van der Waals surface area contributed by atoms with Crippen molar-refractivity contribution in [3.05, 3.63) is 70.7 Å². The van der Waals surface area contributed by atoms with Gasteiger partial charge in [-0.1, -0.05) is 12.5 Å². The molecular formula is C37H41FN6O4. The predicted octanol–water partition coefficient (Wildman–Crippen LogP) is 5.60. The Balaban J connectivity index is 1.42. The smallest absolute Gasteiger partial charge is 0.245 e. The number of aryl methyl sites for hydroxylation is 4. The van der Waals surface area contributed by atoms with Crippen LogP contribution in [0.1, 0.15) is 90.7 Å². The summed E-state index contributed by atoms with van der Waals surface area (Å²) in [7, 11) is 0. The number of fused-ring (bicyclic) bond motifs is 2. The van der Waals surface area contributed by atoms with Crippen LogP contribution in [0.2, 0.25) is 0 Å². The van der Waals surface area contributed by atoms with Gasteiger partial charge in [0, 0.05) is 55.2 Å². The Labute approximate surface area is 279 Å². The quantitative estimate of drug-likeness (QED) is 0.255. The topological polar surface area (TPSA) is 128 Å². The van der Waals surface area contributed by atoms with E-state index in [9.17, 15) is 19.2 Å². The average molecular weight is 653 g/mol. The van der Waals surface area contributed by atoms with Gasteiger partial charge in [-0.25, -0.2) is 14.4 Å². The number of carbonyl (C=O) groups is 4. The third-order valence-corrected chi connectivity index (χ3v) is 9.67. The van der Waals surface area contributed by atoms with Gasteiger partial charge in [0.2, 0.25) is 5.91 Å².